The van der Waals surface area contributed by atoms with E-state index in [1.165, 1.54) is 19.6 Å². The van der Waals surface area contributed by atoms with Crippen molar-refractivity contribution in [1.82, 2.24) is 9.80 Å². The number of fused-ring (bicyclic) bond motifs is 6. The second kappa shape index (κ2) is 12.6. The number of aliphatic hydroxyl groups excluding tert-OH is 1. The molecule has 0 aromatic heterocycles. The van der Waals surface area contributed by atoms with E-state index in [4.69, 9.17) is 37.4 Å². The molecule has 12 heteroatoms. The lowest BCUT2D eigenvalue weighted by Gasteiger charge is -2.51. The molecule has 9 rings (SSSR count). The molecule has 6 aliphatic heterocycles. The van der Waals surface area contributed by atoms with Gasteiger partial charge in [-0.1, -0.05) is 41.4 Å². The molecule has 0 radical (unpaired) electrons. The summed E-state index contributed by atoms with van der Waals surface area (Å²) in [7, 11) is 3.57. The summed E-state index contributed by atoms with van der Waals surface area (Å²) in [6, 6.07) is 13.5. The number of anilines is 2. The number of piperidine rings is 2. The van der Waals surface area contributed by atoms with E-state index in [-0.39, 0.29) is 36.8 Å². The van der Waals surface area contributed by atoms with Crippen LogP contribution >= 0.6 is 23.2 Å². The predicted octanol–water partition coefficient (Wildman–Crippen LogP) is 6.08. The van der Waals surface area contributed by atoms with E-state index < -0.39 is 12.1 Å². The Balaban J connectivity index is 1.08. The van der Waals surface area contributed by atoms with Crippen LogP contribution < -0.4 is 14.5 Å². The molecule has 9 nitrogen and oxygen atoms in total. The summed E-state index contributed by atoms with van der Waals surface area (Å²) in [4.78, 5) is 22.5. The van der Waals surface area contributed by atoms with Crippen LogP contribution in [0, 0.1) is 5.82 Å². The van der Waals surface area contributed by atoms with Crippen LogP contribution in [-0.4, -0.2) is 92.2 Å². The third-order valence-corrected chi connectivity index (χ3v) is 11.5. The first-order valence-corrected chi connectivity index (χ1v) is 17.4. The minimum Gasteiger partial charge on any atom is -0.472 e. The summed E-state index contributed by atoms with van der Waals surface area (Å²) in [6.07, 6.45) is 2.94. The summed E-state index contributed by atoms with van der Waals surface area (Å²) < 4.78 is 33.2. The largest absolute Gasteiger partial charge is 0.472 e. The maximum absolute atomic E-state index is 15.9. The molecule has 5 fully saturated rings. The minimum atomic E-state index is -1.28. The van der Waals surface area contributed by atoms with Gasteiger partial charge >= 0.3 is 0 Å². The molecule has 5 saturated heterocycles. The molecule has 6 aliphatic rings. The quantitative estimate of drug-likeness (QED) is 0.311. The van der Waals surface area contributed by atoms with Gasteiger partial charge in [-0.2, -0.15) is 0 Å². The molecule has 3 aromatic carbocycles. The smallest absolute Gasteiger partial charge is 0.259 e. The average molecular weight is 698 g/mol. The normalized spacial score (nSPS) is 25.7. The topological polar surface area (TPSA) is 78.0 Å². The van der Waals surface area contributed by atoms with E-state index in [0.717, 1.165) is 49.3 Å². The van der Waals surface area contributed by atoms with Crippen LogP contribution in [0.2, 0.25) is 10.0 Å². The zero-order chi connectivity index (χ0) is 33.3. The van der Waals surface area contributed by atoms with E-state index >= 15 is 4.39 Å². The number of nitrogens with zero attached hydrogens (tertiary/aromatic N) is 4. The number of carbonyl (C=O) groups excluding carboxylic acids is 1. The van der Waals surface area contributed by atoms with Crippen molar-refractivity contribution in [3.63, 3.8) is 0 Å². The number of amides is 1. The van der Waals surface area contributed by atoms with Crippen LogP contribution in [0.1, 0.15) is 53.5 Å². The lowest BCUT2D eigenvalue weighted by Crippen LogP contribution is -2.61. The highest BCUT2D eigenvalue weighted by Gasteiger charge is 2.40. The zero-order valence-electron chi connectivity index (χ0n) is 27.0. The Kier molecular flexibility index (Phi) is 8.46. The number of rotatable bonds is 6. The first-order valence-electron chi connectivity index (χ1n) is 16.6. The summed E-state index contributed by atoms with van der Waals surface area (Å²) in [5, 5.41) is 11.3. The van der Waals surface area contributed by atoms with E-state index in [1.807, 2.05) is 30.3 Å². The molecule has 6 heterocycles. The molecule has 1 amide bonds. The van der Waals surface area contributed by atoms with Gasteiger partial charge in [-0.15, -0.1) is 0 Å². The summed E-state index contributed by atoms with van der Waals surface area (Å²) in [6.45, 7) is 3.24. The SMILES string of the molecule is COC(O)c1cc(F)c(-c2cccc3c2OCN(C(=O)c2c(Cl)cc(N4C[C@H]5CC[C@@H]4CN5C)cc2Cl)C3)cc1N1C2CCC1COC2. The standard InChI is InChI=1S/C36H39Cl2FN4O5/c1-40-15-22-7-6-21(40)16-42(22)25-10-29(37)33(30(38)11-25)35(44)41-14-20-4-3-5-26(34(20)48-19-41)27-13-32(28(12-31(27)39)36(45)46-2)43-23-8-9-24(43)18-47-17-23/h3-5,10-13,21-24,36,45H,6-9,14-19H2,1-2H3/t21-,22-,23?,24?,36?/m1/s1. The van der Waals surface area contributed by atoms with Gasteiger partial charge < -0.3 is 34.0 Å². The van der Waals surface area contributed by atoms with Crippen LogP contribution in [0.4, 0.5) is 15.8 Å². The third-order valence-electron chi connectivity index (χ3n) is 10.9. The van der Waals surface area contributed by atoms with Gasteiger partial charge in [0.2, 0.25) is 0 Å². The van der Waals surface area contributed by atoms with E-state index in [1.54, 1.807) is 11.0 Å². The third kappa shape index (κ3) is 5.41. The van der Waals surface area contributed by atoms with Crippen LogP contribution in [0.3, 0.4) is 0 Å². The highest BCUT2D eigenvalue weighted by Crippen LogP contribution is 2.45. The number of likely N-dealkylation sites (N-methyl/N-ethyl adjacent to an activating group) is 1. The Morgan fingerprint density at radius 2 is 1.69 bits per heavy atom. The molecule has 5 atom stereocenters. The molecule has 4 bridgehead atoms. The van der Waals surface area contributed by atoms with E-state index in [9.17, 15) is 9.90 Å². The number of morpholine rings is 1. The molecule has 0 saturated carbocycles. The van der Waals surface area contributed by atoms with Crippen LogP contribution in [-0.2, 0) is 16.0 Å². The molecule has 3 unspecified atom stereocenters. The monoisotopic (exact) mass is 696 g/mol. The van der Waals surface area contributed by atoms with E-state index in [2.05, 4.69) is 21.7 Å². The Morgan fingerprint density at radius 3 is 2.35 bits per heavy atom. The molecule has 254 valence electrons. The minimum absolute atomic E-state index is 0.0535. The lowest BCUT2D eigenvalue weighted by atomic mass is 9.90. The highest BCUT2D eigenvalue weighted by molar-refractivity contribution is 6.40. The number of hydrogen-bond donors (Lipinski definition) is 1. The van der Waals surface area contributed by atoms with Crippen molar-refractivity contribution >= 4 is 40.5 Å². The molecule has 48 heavy (non-hydrogen) atoms. The molecular weight excluding hydrogens is 658 g/mol. The van der Waals surface area contributed by atoms with Gasteiger partial charge in [-0.05, 0) is 57.0 Å². The number of hydrogen-bond acceptors (Lipinski definition) is 8. The van der Waals surface area contributed by atoms with Crippen molar-refractivity contribution in [2.75, 3.05) is 57.0 Å². The molecule has 1 N–H and O–H groups in total. The first-order chi connectivity index (χ1) is 23.2. The van der Waals surface area contributed by atoms with Crippen molar-refractivity contribution < 1.29 is 28.5 Å². The number of piperazine rings is 1. The Morgan fingerprint density at radius 1 is 0.979 bits per heavy atom. The second-order valence-corrected chi connectivity index (χ2v) is 14.5. The fourth-order valence-electron chi connectivity index (χ4n) is 8.41. The van der Waals surface area contributed by atoms with Gasteiger partial charge in [-0.25, -0.2) is 4.39 Å². The molecule has 0 spiro atoms. The van der Waals surface area contributed by atoms with Crippen molar-refractivity contribution in [2.24, 2.45) is 0 Å². The Bertz CT molecular complexity index is 1720. The van der Waals surface area contributed by atoms with Gasteiger partial charge in [0, 0.05) is 65.9 Å². The van der Waals surface area contributed by atoms with Gasteiger partial charge in [0.1, 0.15) is 11.6 Å². The van der Waals surface area contributed by atoms with E-state index in [0.29, 0.717) is 57.8 Å². The number of carbonyl (C=O) groups is 1. The second-order valence-electron chi connectivity index (χ2n) is 13.6. The number of benzene rings is 3. The van der Waals surface area contributed by atoms with Crippen LogP contribution in [0.25, 0.3) is 11.1 Å². The van der Waals surface area contributed by atoms with Gasteiger partial charge in [0.15, 0.2) is 13.0 Å². The zero-order valence-corrected chi connectivity index (χ0v) is 28.5. The number of aliphatic hydroxyl groups is 1. The van der Waals surface area contributed by atoms with Gasteiger partial charge in [0.25, 0.3) is 5.91 Å². The fraction of sp³-hybridized carbons (Fsp3) is 0.472. The van der Waals surface area contributed by atoms with Crippen LogP contribution in [0.5, 0.6) is 5.75 Å². The first kappa shape index (κ1) is 32.1. The maximum atomic E-state index is 15.9. The van der Waals surface area contributed by atoms with Crippen molar-refractivity contribution in [1.29, 1.82) is 0 Å². The molecule has 0 aliphatic carbocycles. The average Bonchev–Trinajstić information content (AvgIpc) is 3.33. The number of methoxy groups -OCH3 is 1. The maximum Gasteiger partial charge on any atom is 0.259 e. The fourth-order valence-corrected chi connectivity index (χ4v) is 9.05. The van der Waals surface area contributed by atoms with Crippen molar-refractivity contribution in [3.8, 4) is 16.9 Å². The van der Waals surface area contributed by atoms with Crippen molar-refractivity contribution in [3.05, 3.63) is 75.0 Å². The number of halogens is 3. The summed E-state index contributed by atoms with van der Waals surface area (Å²) in [5.41, 5.74) is 3.92. The Hall–Kier alpha value is -3.12. The summed E-state index contributed by atoms with van der Waals surface area (Å²) >= 11 is 13.6. The predicted molar refractivity (Wildman–Crippen MR) is 183 cm³/mol. The Labute approximate surface area is 289 Å². The molecular formula is C36H39Cl2FN4O5. The summed E-state index contributed by atoms with van der Waals surface area (Å²) in [5.74, 6) is -0.330. The number of ether oxygens (including phenoxy) is 3. The van der Waals surface area contributed by atoms with Crippen LogP contribution in [0.15, 0.2) is 42.5 Å². The number of para-hydroxylation sites is 1. The lowest BCUT2D eigenvalue weighted by molar-refractivity contribution is -0.0769. The van der Waals surface area contributed by atoms with Gasteiger partial charge in [0.05, 0.1) is 47.5 Å². The van der Waals surface area contributed by atoms with Gasteiger partial charge in [-0.3, -0.25) is 9.69 Å². The molecule has 3 aromatic rings. The highest BCUT2D eigenvalue weighted by atomic mass is 35.5. The van der Waals surface area contributed by atoms with Crippen molar-refractivity contribution in [2.45, 2.75) is 62.7 Å².